The number of nitrogens with one attached hydrogen (secondary N) is 1. The lowest BCUT2D eigenvalue weighted by molar-refractivity contribution is 0.361. The molecule has 0 spiro atoms. The van der Waals surface area contributed by atoms with Crippen LogP contribution >= 0.6 is 0 Å². The van der Waals surface area contributed by atoms with Crippen molar-refractivity contribution >= 4 is 0 Å². The van der Waals surface area contributed by atoms with Crippen LogP contribution in [0.15, 0.2) is 24.3 Å². The van der Waals surface area contributed by atoms with Crippen molar-refractivity contribution in [1.29, 1.82) is 0 Å². The standard InChI is InChI=1S/C15H25N/c1-5-15(6-2,11-12-16-4)14-9-7-13(3)8-10-14/h7-10,16H,5-6,11-12H2,1-4H3. The van der Waals surface area contributed by atoms with Gasteiger partial charge in [-0.2, -0.15) is 0 Å². The molecule has 0 aromatic heterocycles. The molecule has 0 atom stereocenters. The Hall–Kier alpha value is -0.820. The Labute approximate surface area is 100 Å². The summed E-state index contributed by atoms with van der Waals surface area (Å²) in [6, 6.07) is 9.07. The van der Waals surface area contributed by atoms with E-state index in [1.807, 2.05) is 7.05 Å². The third kappa shape index (κ3) is 2.85. The third-order valence-corrected chi connectivity index (χ3v) is 3.87. The zero-order chi connectivity index (χ0) is 12.0. The Morgan fingerprint density at radius 3 is 2.06 bits per heavy atom. The lowest BCUT2D eigenvalue weighted by Crippen LogP contribution is -2.28. The molecule has 0 saturated carbocycles. The van der Waals surface area contributed by atoms with Gasteiger partial charge in [0.05, 0.1) is 0 Å². The highest BCUT2D eigenvalue weighted by molar-refractivity contribution is 5.28. The first-order valence-corrected chi connectivity index (χ1v) is 6.40. The van der Waals surface area contributed by atoms with Crippen LogP contribution in [-0.4, -0.2) is 13.6 Å². The maximum absolute atomic E-state index is 3.27. The van der Waals surface area contributed by atoms with Gasteiger partial charge in [0, 0.05) is 0 Å². The summed E-state index contributed by atoms with van der Waals surface area (Å²) in [6.07, 6.45) is 3.65. The molecule has 16 heavy (non-hydrogen) atoms. The van der Waals surface area contributed by atoms with Crippen LogP contribution in [0.25, 0.3) is 0 Å². The average Bonchev–Trinajstić information content (AvgIpc) is 2.33. The molecule has 0 fully saturated rings. The van der Waals surface area contributed by atoms with Crippen LogP contribution < -0.4 is 5.32 Å². The van der Waals surface area contributed by atoms with Crippen molar-refractivity contribution in [3.63, 3.8) is 0 Å². The van der Waals surface area contributed by atoms with Crippen LogP contribution in [0.1, 0.15) is 44.2 Å². The highest BCUT2D eigenvalue weighted by atomic mass is 14.8. The molecular formula is C15H25N. The summed E-state index contributed by atoms with van der Waals surface area (Å²) in [7, 11) is 2.03. The number of benzene rings is 1. The van der Waals surface area contributed by atoms with Gasteiger partial charge >= 0.3 is 0 Å². The Morgan fingerprint density at radius 2 is 1.62 bits per heavy atom. The number of aryl methyl sites for hydroxylation is 1. The minimum Gasteiger partial charge on any atom is -0.320 e. The van der Waals surface area contributed by atoms with E-state index in [-0.39, 0.29) is 0 Å². The average molecular weight is 219 g/mol. The Bertz CT molecular complexity index is 296. The maximum Gasteiger partial charge on any atom is -0.00402 e. The summed E-state index contributed by atoms with van der Waals surface area (Å²) in [5.74, 6) is 0. The van der Waals surface area contributed by atoms with Crippen LogP contribution in [0, 0.1) is 6.92 Å². The van der Waals surface area contributed by atoms with E-state index >= 15 is 0 Å². The summed E-state index contributed by atoms with van der Waals surface area (Å²) < 4.78 is 0. The summed E-state index contributed by atoms with van der Waals surface area (Å²) in [5.41, 5.74) is 3.20. The molecule has 0 aliphatic carbocycles. The second kappa shape index (κ2) is 6.05. The quantitative estimate of drug-likeness (QED) is 0.770. The van der Waals surface area contributed by atoms with E-state index in [0.717, 1.165) is 6.54 Å². The van der Waals surface area contributed by atoms with Crippen molar-refractivity contribution in [2.45, 2.75) is 45.4 Å². The van der Waals surface area contributed by atoms with Crippen LogP contribution in [0.4, 0.5) is 0 Å². The second-order valence-corrected chi connectivity index (χ2v) is 4.71. The monoisotopic (exact) mass is 219 g/mol. The number of hydrogen-bond donors (Lipinski definition) is 1. The highest BCUT2D eigenvalue weighted by Crippen LogP contribution is 2.34. The van der Waals surface area contributed by atoms with Gasteiger partial charge in [-0.1, -0.05) is 43.7 Å². The van der Waals surface area contributed by atoms with Gasteiger partial charge < -0.3 is 5.32 Å². The largest absolute Gasteiger partial charge is 0.320 e. The van der Waals surface area contributed by atoms with Crippen LogP contribution in [-0.2, 0) is 5.41 Å². The van der Waals surface area contributed by atoms with E-state index < -0.39 is 0 Å². The van der Waals surface area contributed by atoms with Crippen molar-refractivity contribution < 1.29 is 0 Å². The molecule has 1 nitrogen and oxygen atoms in total. The van der Waals surface area contributed by atoms with E-state index in [1.54, 1.807) is 0 Å². The van der Waals surface area contributed by atoms with Crippen molar-refractivity contribution in [3.8, 4) is 0 Å². The van der Waals surface area contributed by atoms with Gasteiger partial charge in [0.2, 0.25) is 0 Å². The summed E-state index contributed by atoms with van der Waals surface area (Å²) in [6.45, 7) is 7.85. The normalized spacial score (nSPS) is 11.8. The molecule has 0 unspecified atom stereocenters. The zero-order valence-corrected chi connectivity index (χ0v) is 11.1. The van der Waals surface area contributed by atoms with Gasteiger partial charge in [0.15, 0.2) is 0 Å². The van der Waals surface area contributed by atoms with E-state index in [0.29, 0.717) is 5.41 Å². The van der Waals surface area contributed by atoms with Crippen LogP contribution in [0.2, 0.25) is 0 Å². The molecule has 1 aromatic rings. The molecule has 90 valence electrons. The molecule has 0 bridgehead atoms. The minimum absolute atomic E-state index is 0.358. The number of rotatable bonds is 6. The molecule has 0 aliphatic heterocycles. The molecule has 1 rings (SSSR count). The van der Waals surface area contributed by atoms with Gasteiger partial charge in [-0.05, 0) is 50.8 Å². The molecule has 1 N–H and O–H groups in total. The van der Waals surface area contributed by atoms with E-state index in [9.17, 15) is 0 Å². The molecule has 0 heterocycles. The van der Waals surface area contributed by atoms with E-state index in [1.165, 1.54) is 30.4 Å². The summed E-state index contributed by atoms with van der Waals surface area (Å²) in [4.78, 5) is 0. The molecular weight excluding hydrogens is 194 g/mol. The van der Waals surface area contributed by atoms with Gasteiger partial charge in [-0.3, -0.25) is 0 Å². The van der Waals surface area contributed by atoms with Crippen LogP contribution in [0.5, 0.6) is 0 Å². The molecule has 1 aromatic carbocycles. The summed E-state index contributed by atoms with van der Waals surface area (Å²) >= 11 is 0. The fraction of sp³-hybridized carbons (Fsp3) is 0.600. The maximum atomic E-state index is 3.27. The molecule has 0 saturated heterocycles. The van der Waals surface area contributed by atoms with Crippen molar-refractivity contribution in [2.24, 2.45) is 0 Å². The first-order chi connectivity index (χ1) is 7.68. The van der Waals surface area contributed by atoms with Gasteiger partial charge in [-0.15, -0.1) is 0 Å². The molecule has 1 heteroatoms. The van der Waals surface area contributed by atoms with Gasteiger partial charge in [-0.25, -0.2) is 0 Å². The Morgan fingerprint density at radius 1 is 1.06 bits per heavy atom. The fourth-order valence-corrected chi connectivity index (χ4v) is 2.43. The molecule has 0 radical (unpaired) electrons. The Kier molecular flexibility index (Phi) is 5.01. The minimum atomic E-state index is 0.358. The highest BCUT2D eigenvalue weighted by Gasteiger charge is 2.27. The van der Waals surface area contributed by atoms with E-state index in [2.05, 4.69) is 50.4 Å². The second-order valence-electron chi connectivity index (χ2n) is 4.71. The van der Waals surface area contributed by atoms with Crippen molar-refractivity contribution in [1.82, 2.24) is 5.32 Å². The molecule has 0 amide bonds. The predicted molar refractivity (Wildman–Crippen MR) is 72.0 cm³/mol. The van der Waals surface area contributed by atoms with E-state index in [4.69, 9.17) is 0 Å². The lowest BCUT2D eigenvalue weighted by Gasteiger charge is -2.32. The lowest BCUT2D eigenvalue weighted by atomic mass is 9.73. The zero-order valence-electron chi connectivity index (χ0n) is 11.1. The van der Waals surface area contributed by atoms with Crippen LogP contribution in [0.3, 0.4) is 0 Å². The Balaban J connectivity index is 2.95. The fourth-order valence-electron chi connectivity index (χ4n) is 2.43. The first kappa shape index (κ1) is 13.2. The van der Waals surface area contributed by atoms with Crippen molar-refractivity contribution in [3.05, 3.63) is 35.4 Å². The predicted octanol–water partition coefficient (Wildman–Crippen LogP) is 3.66. The third-order valence-electron chi connectivity index (χ3n) is 3.87. The topological polar surface area (TPSA) is 12.0 Å². The SMILES string of the molecule is CCC(CC)(CCNC)c1ccc(C)cc1. The smallest absolute Gasteiger partial charge is 0.00402 e. The van der Waals surface area contributed by atoms with Gasteiger partial charge in [0.25, 0.3) is 0 Å². The van der Waals surface area contributed by atoms with Gasteiger partial charge in [0.1, 0.15) is 0 Å². The summed E-state index contributed by atoms with van der Waals surface area (Å²) in [5, 5.41) is 3.27. The molecule has 0 aliphatic rings. The van der Waals surface area contributed by atoms with Crippen molar-refractivity contribution in [2.75, 3.05) is 13.6 Å². The first-order valence-electron chi connectivity index (χ1n) is 6.40. The number of hydrogen-bond acceptors (Lipinski definition) is 1.